The molecule has 1 heterocycles. The van der Waals surface area contributed by atoms with Crippen molar-refractivity contribution in [3.05, 3.63) is 27.7 Å². The highest BCUT2D eigenvalue weighted by Crippen LogP contribution is 2.34. The Kier molecular flexibility index (Phi) is 5.95. The van der Waals surface area contributed by atoms with Crippen molar-refractivity contribution < 1.29 is 8.42 Å². The molecular weight excluding hydrogens is 382 g/mol. The molecular formula is C20H29NO2S3. The average molecular weight is 412 g/mol. The van der Waals surface area contributed by atoms with Gasteiger partial charge < -0.3 is 4.98 Å². The van der Waals surface area contributed by atoms with Crippen molar-refractivity contribution in [3.8, 4) is 0 Å². The van der Waals surface area contributed by atoms with Crippen LogP contribution in [0, 0.1) is 15.8 Å². The van der Waals surface area contributed by atoms with Crippen LogP contribution in [0.25, 0.3) is 10.2 Å². The standard InChI is InChI=1S/C20H29NO2S3/c1-20(2,3)26(22,23)13-16-8-5-14(6-9-16)4-7-15-10-11-18-17(12-15)21-19(24)25-18/h10-12,14,16H,4-9,13H2,1-3H3,(H,21,24). The van der Waals surface area contributed by atoms with E-state index in [0.29, 0.717) is 11.7 Å². The molecule has 1 fully saturated rings. The molecule has 144 valence electrons. The van der Waals surface area contributed by atoms with Crippen molar-refractivity contribution in [1.82, 2.24) is 4.98 Å². The van der Waals surface area contributed by atoms with Gasteiger partial charge >= 0.3 is 0 Å². The number of aryl methyl sites for hydroxylation is 1. The summed E-state index contributed by atoms with van der Waals surface area (Å²) in [4.78, 5) is 3.25. The van der Waals surface area contributed by atoms with Crippen LogP contribution in [-0.4, -0.2) is 23.9 Å². The smallest absolute Gasteiger partial charge is 0.159 e. The topological polar surface area (TPSA) is 49.9 Å². The Morgan fingerprint density at radius 1 is 1.15 bits per heavy atom. The van der Waals surface area contributed by atoms with Gasteiger partial charge in [0.15, 0.2) is 13.8 Å². The number of aromatic amines is 1. The third-order valence-electron chi connectivity index (χ3n) is 5.68. The lowest BCUT2D eigenvalue weighted by Gasteiger charge is -2.30. The number of hydrogen-bond donors (Lipinski definition) is 1. The van der Waals surface area contributed by atoms with Crippen LogP contribution in [0.4, 0.5) is 0 Å². The van der Waals surface area contributed by atoms with E-state index in [9.17, 15) is 8.42 Å². The van der Waals surface area contributed by atoms with E-state index >= 15 is 0 Å². The Morgan fingerprint density at radius 2 is 1.81 bits per heavy atom. The molecule has 0 amide bonds. The van der Waals surface area contributed by atoms with E-state index in [1.807, 2.05) is 20.8 Å². The number of aromatic nitrogens is 1. The fraction of sp³-hybridized carbons (Fsp3) is 0.650. The lowest BCUT2D eigenvalue weighted by Crippen LogP contribution is -2.34. The minimum absolute atomic E-state index is 0.345. The van der Waals surface area contributed by atoms with Gasteiger partial charge in [-0.25, -0.2) is 8.42 Å². The summed E-state index contributed by atoms with van der Waals surface area (Å²) < 4.78 is 26.2. The lowest BCUT2D eigenvalue weighted by atomic mass is 9.80. The highest BCUT2D eigenvalue weighted by Gasteiger charge is 2.33. The molecule has 0 radical (unpaired) electrons. The van der Waals surface area contributed by atoms with Gasteiger partial charge in [-0.05, 0) is 88.2 Å². The molecule has 6 heteroatoms. The molecule has 1 aliphatic rings. The molecule has 1 aliphatic carbocycles. The molecule has 2 aromatic rings. The molecule has 26 heavy (non-hydrogen) atoms. The third-order valence-corrected chi connectivity index (χ3v) is 9.67. The fourth-order valence-corrected chi connectivity index (χ4v) is 6.32. The van der Waals surface area contributed by atoms with Crippen molar-refractivity contribution in [2.75, 3.05) is 5.75 Å². The second kappa shape index (κ2) is 7.72. The highest BCUT2D eigenvalue weighted by atomic mass is 32.2. The maximum Gasteiger partial charge on any atom is 0.159 e. The van der Waals surface area contributed by atoms with E-state index < -0.39 is 14.6 Å². The van der Waals surface area contributed by atoms with Crippen molar-refractivity contribution >= 4 is 43.6 Å². The van der Waals surface area contributed by atoms with Crippen LogP contribution in [0.2, 0.25) is 0 Å². The minimum Gasteiger partial charge on any atom is -0.337 e. The molecule has 1 saturated carbocycles. The maximum atomic E-state index is 12.4. The van der Waals surface area contributed by atoms with Crippen molar-refractivity contribution in [3.63, 3.8) is 0 Å². The molecule has 0 atom stereocenters. The summed E-state index contributed by atoms with van der Waals surface area (Å²) in [5.41, 5.74) is 2.51. The van der Waals surface area contributed by atoms with Crippen LogP contribution in [-0.2, 0) is 16.3 Å². The van der Waals surface area contributed by atoms with Crippen LogP contribution in [0.15, 0.2) is 18.2 Å². The van der Waals surface area contributed by atoms with Crippen LogP contribution >= 0.6 is 23.6 Å². The van der Waals surface area contributed by atoms with Gasteiger partial charge in [0.05, 0.1) is 20.7 Å². The summed E-state index contributed by atoms with van der Waals surface area (Å²) in [6.45, 7) is 5.43. The highest BCUT2D eigenvalue weighted by molar-refractivity contribution is 7.92. The molecule has 0 aliphatic heterocycles. The molecule has 0 spiro atoms. The summed E-state index contributed by atoms with van der Waals surface area (Å²) in [5, 5.41) is 0. The zero-order valence-corrected chi connectivity index (χ0v) is 18.3. The first kappa shape index (κ1) is 20.0. The third kappa shape index (κ3) is 4.76. The van der Waals surface area contributed by atoms with Crippen LogP contribution in [0.3, 0.4) is 0 Å². The number of H-pyrrole nitrogens is 1. The molecule has 1 aromatic heterocycles. The first-order valence-electron chi connectivity index (χ1n) is 9.48. The van der Waals surface area contributed by atoms with Crippen molar-refractivity contribution in [2.24, 2.45) is 11.8 Å². The van der Waals surface area contributed by atoms with Gasteiger partial charge in [-0.3, -0.25) is 0 Å². The van der Waals surface area contributed by atoms with Crippen molar-refractivity contribution in [2.45, 2.75) is 64.0 Å². The Bertz CT molecular complexity index is 910. The van der Waals surface area contributed by atoms with E-state index in [2.05, 4.69) is 23.2 Å². The Labute approximate surface area is 166 Å². The summed E-state index contributed by atoms with van der Waals surface area (Å²) >= 11 is 6.84. The number of sulfone groups is 1. The van der Waals surface area contributed by atoms with Crippen molar-refractivity contribution in [1.29, 1.82) is 0 Å². The predicted molar refractivity (Wildman–Crippen MR) is 114 cm³/mol. The summed E-state index contributed by atoms with van der Waals surface area (Å²) in [5.74, 6) is 1.43. The Morgan fingerprint density at radius 3 is 2.46 bits per heavy atom. The average Bonchev–Trinajstić information content (AvgIpc) is 2.92. The SMILES string of the molecule is CC(C)(C)S(=O)(=O)CC1CCC(CCc2ccc3sc(=S)[nH]c3c2)CC1. The molecule has 0 saturated heterocycles. The molecule has 3 nitrogen and oxygen atoms in total. The summed E-state index contributed by atoms with van der Waals surface area (Å²) in [6.07, 6.45) is 6.70. The normalized spacial score (nSPS) is 22.0. The number of nitrogens with one attached hydrogen (secondary N) is 1. The van der Waals surface area contributed by atoms with Gasteiger partial charge in [0, 0.05) is 0 Å². The number of benzene rings is 1. The first-order chi connectivity index (χ1) is 12.1. The zero-order chi connectivity index (χ0) is 18.9. The van der Waals surface area contributed by atoms with E-state index in [-0.39, 0.29) is 0 Å². The van der Waals surface area contributed by atoms with Gasteiger partial charge in [-0.1, -0.05) is 18.9 Å². The number of hydrogen-bond acceptors (Lipinski definition) is 4. The zero-order valence-electron chi connectivity index (χ0n) is 15.9. The van der Waals surface area contributed by atoms with Crippen LogP contribution in [0.5, 0.6) is 0 Å². The fourth-order valence-electron chi connectivity index (χ4n) is 3.77. The largest absolute Gasteiger partial charge is 0.337 e. The molecule has 0 bridgehead atoms. The van der Waals surface area contributed by atoms with Gasteiger partial charge in [-0.15, -0.1) is 11.3 Å². The van der Waals surface area contributed by atoms with Gasteiger partial charge in [0.2, 0.25) is 0 Å². The molecule has 1 N–H and O–H groups in total. The Balaban J connectivity index is 1.50. The van der Waals surface area contributed by atoms with Gasteiger partial charge in [-0.2, -0.15) is 0 Å². The monoisotopic (exact) mass is 411 g/mol. The molecule has 0 unspecified atom stereocenters. The minimum atomic E-state index is -3.00. The van der Waals surface area contributed by atoms with Crippen LogP contribution in [0.1, 0.15) is 58.4 Å². The number of thiazole rings is 1. The van der Waals surface area contributed by atoms with E-state index in [0.717, 1.165) is 47.5 Å². The van der Waals surface area contributed by atoms with E-state index in [4.69, 9.17) is 12.2 Å². The quantitative estimate of drug-likeness (QED) is 0.622. The summed E-state index contributed by atoms with van der Waals surface area (Å²) in [7, 11) is -3.00. The van der Waals surface area contributed by atoms with Crippen LogP contribution < -0.4 is 0 Å². The first-order valence-corrected chi connectivity index (χ1v) is 12.4. The van der Waals surface area contributed by atoms with E-state index in [1.54, 1.807) is 11.3 Å². The number of rotatable bonds is 5. The number of fused-ring (bicyclic) bond motifs is 1. The van der Waals surface area contributed by atoms with Gasteiger partial charge in [0.25, 0.3) is 0 Å². The Hall–Kier alpha value is -0.720. The maximum absolute atomic E-state index is 12.4. The summed E-state index contributed by atoms with van der Waals surface area (Å²) in [6, 6.07) is 6.60. The lowest BCUT2D eigenvalue weighted by molar-refractivity contribution is 0.278. The van der Waals surface area contributed by atoms with Gasteiger partial charge in [0.1, 0.15) is 0 Å². The second-order valence-electron chi connectivity index (χ2n) is 8.66. The van der Waals surface area contributed by atoms with E-state index in [1.165, 1.54) is 16.7 Å². The predicted octanol–water partition coefficient (Wildman–Crippen LogP) is 5.91. The molecule has 3 rings (SSSR count). The molecule has 1 aromatic carbocycles. The second-order valence-corrected chi connectivity index (χ2v) is 13.2.